The second kappa shape index (κ2) is 12.4. The predicted molar refractivity (Wildman–Crippen MR) is 156 cm³/mol. The largest absolute Gasteiger partial charge is 0.506 e. The first-order valence-corrected chi connectivity index (χ1v) is 13.9. The van der Waals surface area contributed by atoms with Crippen molar-refractivity contribution in [2.75, 3.05) is 0 Å². The fourth-order valence-corrected chi connectivity index (χ4v) is 5.64. The molecule has 0 saturated carbocycles. The van der Waals surface area contributed by atoms with Crippen molar-refractivity contribution >= 4 is 69.3 Å². The summed E-state index contributed by atoms with van der Waals surface area (Å²) in [5.74, 6) is -1.19. The maximum atomic E-state index is 12.6. The molecule has 39 heavy (non-hydrogen) atoms. The van der Waals surface area contributed by atoms with Crippen molar-refractivity contribution in [2.45, 2.75) is 19.9 Å². The number of nitrogens with zero attached hydrogens (tertiary/aromatic N) is 1. The summed E-state index contributed by atoms with van der Waals surface area (Å²) in [7, 11) is 0. The molecule has 0 saturated heterocycles. The van der Waals surface area contributed by atoms with Gasteiger partial charge in [0.05, 0.1) is 42.4 Å². The van der Waals surface area contributed by atoms with Crippen LogP contribution in [0.4, 0.5) is 0 Å². The van der Waals surface area contributed by atoms with E-state index in [1.807, 2.05) is 12.1 Å². The van der Waals surface area contributed by atoms with Crippen LogP contribution in [0, 0.1) is 0 Å². The smallest absolute Gasteiger partial charge is 0.281 e. The van der Waals surface area contributed by atoms with Crippen LogP contribution in [0.25, 0.3) is 10.4 Å². The van der Waals surface area contributed by atoms with Crippen molar-refractivity contribution in [1.29, 1.82) is 0 Å². The highest BCUT2D eigenvalue weighted by atomic mass is 35.5. The summed E-state index contributed by atoms with van der Waals surface area (Å²) in [5, 5.41) is 20.2. The second-order valence-corrected chi connectivity index (χ2v) is 11.2. The molecule has 4 rings (SSSR count). The molecular weight excluding hydrogens is 579 g/mol. The van der Waals surface area contributed by atoms with Crippen molar-refractivity contribution in [2.24, 2.45) is 10.8 Å². The molecule has 3 amide bonds. The molecular formula is C27H22Cl2N4O4S2. The van der Waals surface area contributed by atoms with Gasteiger partial charge in [-0.15, -0.1) is 22.7 Å². The van der Waals surface area contributed by atoms with E-state index < -0.39 is 11.8 Å². The molecule has 0 radical (unpaired) electrons. The molecule has 0 aliphatic carbocycles. The van der Waals surface area contributed by atoms with Gasteiger partial charge in [-0.2, -0.15) is 5.10 Å². The molecule has 4 aromatic rings. The van der Waals surface area contributed by atoms with Gasteiger partial charge in [0.15, 0.2) is 0 Å². The lowest BCUT2D eigenvalue weighted by Crippen LogP contribution is -2.22. The SMILES string of the molecule is C/C(=N/NC(=O)c1ccc(C(=O)NCc2ccc(CC(N)=O)cc2)s1)c1csc(-c2ccc(Cl)c(Cl)c2)c1O. The zero-order chi connectivity index (χ0) is 28.1. The van der Waals surface area contributed by atoms with Crippen LogP contribution in [0.15, 0.2) is 65.1 Å². The number of aromatic hydroxyl groups is 1. The molecule has 5 N–H and O–H groups in total. The van der Waals surface area contributed by atoms with E-state index in [-0.39, 0.29) is 24.6 Å². The Morgan fingerprint density at radius 2 is 1.62 bits per heavy atom. The van der Waals surface area contributed by atoms with E-state index in [4.69, 9.17) is 28.9 Å². The predicted octanol–water partition coefficient (Wildman–Crippen LogP) is 5.60. The van der Waals surface area contributed by atoms with E-state index in [1.54, 1.807) is 54.8 Å². The van der Waals surface area contributed by atoms with Gasteiger partial charge in [-0.05, 0) is 47.9 Å². The fraction of sp³-hybridized carbons (Fsp3) is 0.111. The molecule has 2 aromatic carbocycles. The first kappa shape index (κ1) is 28.3. The minimum Gasteiger partial charge on any atom is -0.506 e. The van der Waals surface area contributed by atoms with Gasteiger partial charge in [0.25, 0.3) is 11.8 Å². The lowest BCUT2D eigenvalue weighted by Gasteiger charge is -2.05. The van der Waals surface area contributed by atoms with Gasteiger partial charge < -0.3 is 16.2 Å². The van der Waals surface area contributed by atoms with Crippen LogP contribution in [0.1, 0.15) is 43.0 Å². The Kier molecular flexibility index (Phi) is 9.03. The van der Waals surface area contributed by atoms with Crippen LogP contribution >= 0.6 is 45.9 Å². The Balaban J connectivity index is 1.35. The molecule has 200 valence electrons. The van der Waals surface area contributed by atoms with E-state index in [0.29, 0.717) is 41.5 Å². The van der Waals surface area contributed by atoms with Crippen molar-refractivity contribution < 1.29 is 19.5 Å². The number of amides is 3. The standard InChI is InChI=1S/C27H22Cl2N4O4S2/c1-14(18-13-38-25(24(18)35)17-6-7-19(28)20(29)11-17)32-33-27(37)22-9-8-21(39-22)26(36)31-12-16-4-2-15(3-5-16)10-23(30)34/h2-9,11,13,35H,10,12H2,1H3,(H2,30,34)(H,31,36)(H,33,37)/b32-14-. The topological polar surface area (TPSA) is 134 Å². The van der Waals surface area contributed by atoms with E-state index in [2.05, 4.69) is 15.8 Å². The third-order valence-electron chi connectivity index (χ3n) is 5.57. The fourth-order valence-electron chi connectivity index (χ4n) is 3.53. The molecule has 0 fully saturated rings. The summed E-state index contributed by atoms with van der Waals surface area (Å²) in [5.41, 5.74) is 10.9. The summed E-state index contributed by atoms with van der Waals surface area (Å²) in [4.78, 5) is 37.5. The van der Waals surface area contributed by atoms with Gasteiger partial charge in [0.1, 0.15) is 5.75 Å². The molecule has 8 nitrogen and oxygen atoms in total. The molecule has 0 aliphatic rings. The number of thiophene rings is 2. The number of rotatable bonds is 9. The Morgan fingerprint density at radius 1 is 0.949 bits per heavy atom. The lowest BCUT2D eigenvalue weighted by atomic mass is 10.1. The van der Waals surface area contributed by atoms with Gasteiger partial charge in [0.2, 0.25) is 5.91 Å². The first-order chi connectivity index (χ1) is 18.6. The maximum Gasteiger partial charge on any atom is 0.281 e. The average Bonchev–Trinajstić information content (AvgIpc) is 3.55. The van der Waals surface area contributed by atoms with Crippen LogP contribution in [0.3, 0.4) is 0 Å². The van der Waals surface area contributed by atoms with Crippen LogP contribution in [-0.2, 0) is 17.8 Å². The van der Waals surface area contributed by atoms with Crippen LogP contribution in [0.2, 0.25) is 10.0 Å². The zero-order valence-electron chi connectivity index (χ0n) is 20.5. The third-order valence-corrected chi connectivity index (χ3v) is 8.41. The number of nitrogens with two attached hydrogens (primary N) is 1. The highest BCUT2D eigenvalue weighted by Crippen LogP contribution is 2.40. The normalized spacial score (nSPS) is 11.3. The number of benzene rings is 2. The summed E-state index contributed by atoms with van der Waals surface area (Å²) in [6, 6.07) is 15.4. The molecule has 2 aromatic heterocycles. The third kappa shape index (κ3) is 7.04. The molecule has 0 atom stereocenters. The Labute approximate surface area is 242 Å². The highest BCUT2D eigenvalue weighted by molar-refractivity contribution is 7.16. The number of halogens is 2. The number of carbonyl (C=O) groups excluding carboxylic acids is 3. The zero-order valence-corrected chi connectivity index (χ0v) is 23.6. The quantitative estimate of drug-likeness (QED) is 0.147. The lowest BCUT2D eigenvalue weighted by molar-refractivity contribution is -0.117. The number of nitrogens with one attached hydrogen (secondary N) is 2. The van der Waals surface area contributed by atoms with Crippen LogP contribution in [-0.4, -0.2) is 28.5 Å². The van der Waals surface area contributed by atoms with E-state index >= 15 is 0 Å². The Hall–Kier alpha value is -3.70. The van der Waals surface area contributed by atoms with Gasteiger partial charge in [-0.3, -0.25) is 14.4 Å². The van der Waals surface area contributed by atoms with E-state index in [0.717, 1.165) is 22.5 Å². The van der Waals surface area contributed by atoms with Crippen molar-refractivity contribution in [3.05, 3.63) is 96.5 Å². The second-order valence-electron chi connectivity index (χ2n) is 8.40. The number of hydrogen-bond acceptors (Lipinski definition) is 7. The molecule has 2 heterocycles. The molecule has 0 aliphatic heterocycles. The summed E-state index contributed by atoms with van der Waals surface area (Å²) < 4.78 is 0. The summed E-state index contributed by atoms with van der Waals surface area (Å²) >= 11 is 14.4. The Bertz CT molecular complexity index is 1580. The first-order valence-electron chi connectivity index (χ1n) is 11.5. The van der Waals surface area contributed by atoms with Crippen molar-refractivity contribution in [3.8, 4) is 16.2 Å². The molecule has 0 bridgehead atoms. The minimum absolute atomic E-state index is 0.0199. The molecule has 0 unspecified atom stereocenters. The Morgan fingerprint density at radius 3 is 2.28 bits per heavy atom. The van der Waals surface area contributed by atoms with Gasteiger partial charge in [-0.1, -0.05) is 53.5 Å². The monoisotopic (exact) mass is 600 g/mol. The minimum atomic E-state index is -0.483. The number of primary amides is 1. The number of hydrazone groups is 1. The van der Waals surface area contributed by atoms with E-state index in [1.165, 1.54) is 11.3 Å². The van der Waals surface area contributed by atoms with Gasteiger partial charge >= 0.3 is 0 Å². The molecule has 12 heteroatoms. The summed E-state index contributed by atoms with van der Waals surface area (Å²) in [6.07, 6.45) is 0.157. The number of hydrogen-bond donors (Lipinski definition) is 4. The van der Waals surface area contributed by atoms with E-state index in [9.17, 15) is 19.5 Å². The average molecular weight is 602 g/mol. The molecule has 0 spiro atoms. The van der Waals surface area contributed by atoms with Gasteiger partial charge in [-0.25, -0.2) is 5.43 Å². The van der Waals surface area contributed by atoms with Crippen LogP contribution < -0.4 is 16.5 Å². The highest BCUT2D eigenvalue weighted by Gasteiger charge is 2.17. The van der Waals surface area contributed by atoms with Crippen LogP contribution in [0.5, 0.6) is 5.75 Å². The van der Waals surface area contributed by atoms with Gasteiger partial charge in [0, 0.05) is 11.9 Å². The maximum absolute atomic E-state index is 12.6. The van der Waals surface area contributed by atoms with Crippen molar-refractivity contribution in [3.63, 3.8) is 0 Å². The van der Waals surface area contributed by atoms with Crippen molar-refractivity contribution in [1.82, 2.24) is 10.7 Å². The summed E-state index contributed by atoms with van der Waals surface area (Å²) in [6.45, 7) is 1.95. The number of carbonyl (C=O) groups is 3.